The molecule has 0 aliphatic heterocycles. The quantitative estimate of drug-likeness (QED) is 0.893. The highest BCUT2D eigenvalue weighted by Gasteiger charge is 2.19. The Bertz CT molecular complexity index is 450. The van der Waals surface area contributed by atoms with Crippen LogP contribution in [-0.2, 0) is 4.79 Å². The Balaban J connectivity index is 2.56. The predicted octanol–water partition coefficient (Wildman–Crippen LogP) is 2.46. The van der Waals surface area contributed by atoms with Gasteiger partial charge >= 0.3 is 6.03 Å². The highest BCUT2D eigenvalue weighted by atomic mass is 32.2. The van der Waals surface area contributed by atoms with Gasteiger partial charge in [-0.05, 0) is 31.5 Å². The molecule has 0 heterocycles. The Labute approximate surface area is 116 Å². The predicted molar refractivity (Wildman–Crippen MR) is 74.5 cm³/mol. The second-order valence-electron chi connectivity index (χ2n) is 4.04. The maximum absolute atomic E-state index is 12.8. The van der Waals surface area contributed by atoms with E-state index in [1.165, 1.54) is 30.9 Å². The highest BCUT2D eigenvalue weighted by Crippen LogP contribution is 2.31. The summed E-state index contributed by atoms with van der Waals surface area (Å²) in [6.07, 6.45) is 0. The fourth-order valence-corrected chi connectivity index (χ4v) is 2.57. The fourth-order valence-electron chi connectivity index (χ4n) is 1.46. The molecular weight excluding hydrogens is 267 g/mol. The molecular formula is C13H17FN2O2S. The van der Waals surface area contributed by atoms with Crippen molar-refractivity contribution in [3.05, 3.63) is 35.6 Å². The van der Waals surface area contributed by atoms with Crippen molar-refractivity contribution in [2.45, 2.75) is 24.3 Å². The first-order valence-electron chi connectivity index (χ1n) is 5.87. The number of hydrogen-bond donors (Lipinski definition) is 2. The Morgan fingerprint density at radius 1 is 1.21 bits per heavy atom. The lowest BCUT2D eigenvalue weighted by atomic mass is 10.2. The second-order valence-corrected chi connectivity index (χ2v) is 5.73. The van der Waals surface area contributed by atoms with Crippen molar-refractivity contribution in [2.24, 2.45) is 0 Å². The number of thioether (sulfide) groups is 1. The number of imide groups is 1. The molecule has 0 radical (unpaired) electrons. The summed E-state index contributed by atoms with van der Waals surface area (Å²) in [7, 11) is 1.45. The molecule has 0 unspecified atom stereocenters. The van der Waals surface area contributed by atoms with E-state index < -0.39 is 6.03 Å². The number of carbonyl (C=O) groups is 2. The molecule has 6 heteroatoms. The van der Waals surface area contributed by atoms with E-state index in [2.05, 4.69) is 10.6 Å². The Morgan fingerprint density at radius 3 is 2.32 bits per heavy atom. The second kappa shape index (κ2) is 7.13. The largest absolute Gasteiger partial charge is 0.341 e. The molecule has 0 saturated carbocycles. The topological polar surface area (TPSA) is 58.2 Å². The summed E-state index contributed by atoms with van der Waals surface area (Å²) in [6.45, 7) is 3.66. The van der Waals surface area contributed by atoms with Gasteiger partial charge in [0.25, 0.3) is 0 Å². The van der Waals surface area contributed by atoms with Gasteiger partial charge in [0.1, 0.15) is 5.82 Å². The van der Waals surface area contributed by atoms with Crippen LogP contribution in [0.25, 0.3) is 0 Å². The summed E-state index contributed by atoms with van der Waals surface area (Å²) < 4.78 is 12.8. The molecule has 0 spiro atoms. The average Bonchev–Trinajstić information content (AvgIpc) is 2.38. The minimum absolute atomic E-state index is 0.0334. The maximum atomic E-state index is 12.8. The van der Waals surface area contributed by atoms with Gasteiger partial charge in [0.2, 0.25) is 5.91 Å². The molecule has 0 aliphatic rings. The van der Waals surface area contributed by atoms with Gasteiger partial charge in [-0.25, -0.2) is 9.18 Å². The minimum atomic E-state index is -0.521. The van der Waals surface area contributed by atoms with Gasteiger partial charge in [-0.1, -0.05) is 12.1 Å². The molecule has 19 heavy (non-hydrogen) atoms. The first kappa shape index (κ1) is 15.5. The van der Waals surface area contributed by atoms with Crippen LogP contribution >= 0.6 is 11.8 Å². The van der Waals surface area contributed by atoms with Gasteiger partial charge in [-0.2, -0.15) is 0 Å². The summed E-state index contributed by atoms with van der Waals surface area (Å²) in [5.74, 6) is -0.635. The highest BCUT2D eigenvalue weighted by molar-refractivity contribution is 8.00. The van der Waals surface area contributed by atoms with Crippen molar-refractivity contribution < 1.29 is 14.0 Å². The third-order valence-corrected chi connectivity index (χ3v) is 3.88. The third kappa shape index (κ3) is 4.90. The monoisotopic (exact) mass is 284 g/mol. The number of carbonyl (C=O) groups excluding carboxylic acids is 2. The third-order valence-electron chi connectivity index (χ3n) is 2.58. The summed E-state index contributed by atoms with van der Waals surface area (Å²) in [5.41, 5.74) is 0.936. The number of hydrogen-bond acceptors (Lipinski definition) is 3. The summed E-state index contributed by atoms with van der Waals surface area (Å²) >= 11 is 1.40. The Hall–Kier alpha value is -1.56. The molecule has 2 atom stereocenters. The van der Waals surface area contributed by atoms with Crippen molar-refractivity contribution in [3.63, 3.8) is 0 Å². The summed E-state index contributed by atoms with van der Waals surface area (Å²) in [6, 6.07) is 5.64. The van der Waals surface area contributed by atoms with Crippen LogP contribution < -0.4 is 10.6 Å². The fraction of sp³-hybridized carbons (Fsp3) is 0.385. The SMILES string of the molecule is CNC(=O)NC(=O)[C@H](C)S[C@H](C)c1ccc(F)cc1. The summed E-state index contributed by atoms with van der Waals surface area (Å²) in [4.78, 5) is 22.7. The molecule has 4 nitrogen and oxygen atoms in total. The number of halogens is 1. The Morgan fingerprint density at radius 2 is 1.79 bits per heavy atom. The zero-order valence-electron chi connectivity index (χ0n) is 11.1. The smallest absolute Gasteiger partial charge is 0.321 e. The van der Waals surface area contributed by atoms with E-state index >= 15 is 0 Å². The standard InChI is InChI=1S/C13H17FN2O2S/c1-8(10-4-6-11(14)7-5-10)19-9(2)12(17)16-13(18)15-3/h4-9H,1-3H3,(H2,15,16,17,18)/t8-,9+/m1/s1. The molecule has 1 aromatic carbocycles. The first-order chi connectivity index (χ1) is 8.93. The van der Waals surface area contributed by atoms with Gasteiger partial charge in [-0.3, -0.25) is 10.1 Å². The first-order valence-corrected chi connectivity index (χ1v) is 6.81. The molecule has 3 amide bonds. The molecule has 0 saturated heterocycles. The lowest BCUT2D eigenvalue weighted by molar-refractivity contribution is -0.119. The van der Waals surface area contributed by atoms with E-state index in [1.807, 2.05) is 6.92 Å². The van der Waals surface area contributed by atoms with E-state index in [0.717, 1.165) is 5.56 Å². The minimum Gasteiger partial charge on any atom is -0.341 e. The average molecular weight is 284 g/mol. The van der Waals surface area contributed by atoms with Gasteiger partial charge in [-0.15, -0.1) is 11.8 Å². The number of amides is 3. The molecule has 0 aromatic heterocycles. The van der Waals surface area contributed by atoms with E-state index in [1.54, 1.807) is 19.1 Å². The number of urea groups is 1. The Kier molecular flexibility index (Phi) is 5.82. The van der Waals surface area contributed by atoms with Crippen LogP contribution in [0, 0.1) is 5.82 Å². The lowest BCUT2D eigenvalue weighted by Crippen LogP contribution is -2.41. The number of benzene rings is 1. The number of nitrogens with one attached hydrogen (secondary N) is 2. The van der Waals surface area contributed by atoms with E-state index in [4.69, 9.17) is 0 Å². The van der Waals surface area contributed by atoms with Crippen LogP contribution in [0.2, 0.25) is 0 Å². The van der Waals surface area contributed by atoms with Crippen LogP contribution in [0.5, 0.6) is 0 Å². The van der Waals surface area contributed by atoms with Gasteiger partial charge in [0.05, 0.1) is 5.25 Å². The van der Waals surface area contributed by atoms with Crippen molar-refractivity contribution in [1.29, 1.82) is 0 Å². The molecule has 2 N–H and O–H groups in total. The van der Waals surface area contributed by atoms with E-state index in [9.17, 15) is 14.0 Å². The van der Waals surface area contributed by atoms with Crippen molar-refractivity contribution >= 4 is 23.7 Å². The molecule has 1 aromatic rings. The van der Waals surface area contributed by atoms with Crippen molar-refractivity contribution in [3.8, 4) is 0 Å². The van der Waals surface area contributed by atoms with Crippen molar-refractivity contribution in [1.82, 2.24) is 10.6 Å². The zero-order chi connectivity index (χ0) is 14.4. The van der Waals surface area contributed by atoms with Gasteiger partial charge < -0.3 is 5.32 Å². The molecule has 0 aliphatic carbocycles. The molecule has 0 bridgehead atoms. The maximum Gasteiger partial charge on any atom is 0.321 e. The van der Waals surface area contributed by atoms with Crippen LogP contribution in [0.3, 0.4) is 0 Å². The van der Waals surface area contributed by atoms with Crippen LogP contribution in [0.15, 0.2) is 24.3 Å². The van der Waals surface area contributed by atoms with Gasteiger partial charge in [0, 0.05) is 12.3 Å². The van der Waals surface area contributed by atoms with Crippen LogP contribution in [-0.4, -0.2) is 24.2 Å². The van der Waals surface area contributed by atoms with E-state index in [-0.39, 0.29) is 22.2 Å². The molecule has 104 valence electrons. The van der Waals surface area contributed by atoms with E-state index in [0.29, 0.717) is 0 Å². The lowest BCUT2D eigenvalue weighted by Gasteiger charge is -2.16. The molecule has 0 fully saturated rings. The van der Waals surface area contributed by atoms with Crippen LogP contribution in [0.4, 0.5) is 9.18 Å². The number of rotatable bonds is 4. The van der Waals surface area contributed by atoms with Gasteiger partial charge in [0.15, 0.2) is 0 Å². The molecule has 1 rings (SSSR count). The van der Waals surface area contributed by atoms with Crippen LogP contribution in [0.1, 0.15) is 24.7 Å². The van der Waals surface area contributed by atoms with Crippen molar-refractivity contribution in [2.75, 3.05) is 7.05 Å². The summed E-state index contributed by atoms with van der Waals surface area (Å²) in [5, 5.41) is 4.20. The zero-order valence-corrected chi connectivity index (χ0v) is 11.9. The normalized spacial score (nSPS) is 13.5.